The van der Waals surface area contributed by atoms with Crippen molar-refractivity contribution in [2.75, 3.05) is 13.2 Å². The second-order valence-electron chi connectivity index (χ2n) is 5.16. The Morgan fingerprint density at radius 2 is 1.71 bits per heavy atom. The number of hydrogen-bond donors (Lipinski definition) is 2. The highest BCUT2D eigenvalue weighted by Gasteiger charge is 2.37. The van der Waals surface area contributed by atoms with Crippen LogP contribution in [-0.2, 0) is 0 Å². The monoisotopic (exact) mass is 197 g/mol. The van der Waals surface area contributed by atoms with E-state index in [1.807, 2.05) is 0 Å². The van der Waals surface area contributed by atoms with E-state index in [2.05, 4.69) is 5.32 Å². The topological polar surface area (TPSA) is 32.3 Å². The van der Waals surface area contributed by atoms with Crippen LogP contribution in [0.5, 0.6) is 0 Å². The van der Waals surface area contributed by atoms with Crippen LogP contribution in [0.1, 0.15) is 51.4 Å². The minimum Gasteiger partial charge on any atom is -0.395 e. The molecule has 0 aromatic rings. The summed E-state index contributed by atoms with van der Waals surface area (Å²) < 4.78 is 0. The lowest BCUT2D eigenvalue weighted by molar-refractivity contribution is 0.164. The molecule has 0 aliphatic heterocycles. The SMILES string of the molecule is OCCNC1CCC2(CCCC2)CC1. The van der Waals surface area contributed by atoms with Gasteiger partial charge in [-0.05, 0) is 43.9 Å². The average molecular weight is 197 g/mol. The van der Waals surface area contributed by atoms with Gasteiger partial charge in [-0.1, -0.05) is 12.8 Å². The summed E-state index contributed by atoms with van der Waals surface area (Å²) in [6, 6.07) is 0.688. The molecular formula is C12H23NO. The van der Waals surface area contributed by atoms with Crippen LogP contribution in [0.15, 0.2) is 0 Å². The summed E-state index contributed by atoms with van der Waals surface area (Å²) in [4.78, 5) is 0. The van der Waals surface area contributed by atoms with Crippen LogP contribution in [0.3, 0.4) is 0 Å². The summed E-state index contributed by atoms with van der Waals surface area (Å²) >= 11 is 0. The van der Waals surface area contributed by atoms with Gasteiger partial charge in [0.2, 0.25) is 0 Å². The first-order chi connectivity index (χ1) is 6.85. The van der Waals surface area contributed by atoms with Crippen molar-refractivity contribution >= 4 is 0 Å². The molecule has 0 heterocycles. The van der Waals surface area contributed by atoms with Crippen LogP contribution in [-0.4, -0.2) is 24.3 Å². The lowest BCUT2D eigenvalue weighted by atomic mass is 9.71. The summed E-state index contributed by atoms with van der Waals surface area (Å²) in [5.74, 6) is 0. The Balaban J connectivity index is 1.74. The van der Waals surface area contributed by atoms with Gasteiger partial charge in [-0.25, -0.2) is 0 Å². The standard InChI is InChI=1S/C12H23NO/c14-10-9-13-11-3-7-12(8-4-11)5-1-2-6-12/h11,13-14H,1-10H2. The van der Waals surface area contributed by atoms with Gasteiger partial charge in [0.15, 0.2) is 0 Å². The quantitative estimate of drug-likeness (QED) is 0.726. The van der Waals surface area contributed by atoms with Crippen LogP contribution in [0.2, 0.25) is 0 Å². The fourth-order valence-electron chi connectivity index (χ4n) is 3.33. The van der Waals surface area contributed by atoms with Crippen LogP contribution in [0, 0.1) is 5.41 Å². The Kier molecular flexibility index (Phi) is 3.45. The Labute approximate surface area is 87.1 Å². The van der Waals surface area contributed by atoms with Gasteiger partial charge in [-0.3, -0.25) is 0 Å². The normalized spacial score (nSPS) is 27.2. The molecule has 0 aromatic carbocycles. The van der Waals surface area contributed by atoms with Crippen LogP contribution >= 0.6 is 0 Å². The summed E-state index contributed by atoms with van der Waals surface area (Å²) in [5, 5.41) is 12.2. The maximum Gasteiger partial charge on any atom is 0.0556 e. The highest BCUT2D eigenvalue weighted by atomic mass is 16.3. The minimum atomic E-state index is 0.279. The Morgan fingerprint density at radius 1 is 1.07 bits per heavy atom. The molecule has 82 valence electrons. The first kappa shape index (κ1) is 10.4. The maximum absolute atomic E-state index is 8.74. The second kappa shape index (κ2) is 4.63. The van der Waals surface area contributed by atoms with E-state index in [-0.39, 0.29) is 6.61 Å². The molecule has 2 rings (SSSR count). The van der Waals surface area contributed by atoms with E-state index in [0.29, 0.717) is 6.04 Å². The molecule has 0 amide bonds. The highest BCUT2D eigenvalue weighted by Crippen LogP contribution is 2.48. The molecule has 0 atom stereocenters. The number of aliphatic hydroxyl groups is 1. The fraction of sp³-hybridized carbons (Fsp3) is 1.00. The molecule has 0 aromatic heterocycles. The van der Waals surface area contributed by atoms with E-state index in [0.717, 1.165) is 12.0 Å². The van der Waals surface area contributed by atoms with E-state index < -0.39 is 0 Å². The second-order valence-corrected chi connectivity index (χ2v) is 5.16. The Morgan fingerprint density at radius 3 is 2.29 bits per heavy atom. The summed E-state index contributed by atoms with van der Waals surface area (Å²) in [7, 11) is 0. The zero-order valence-electron chi connectivity index (χ0n) is 9.10. The smallest absolute Gasteiger partial charge is 0.0556 e. The van der Waals surface area contributed by atoms with Gasteiger partial charge in [-0.2, -0.15) is 0 Å². The summed E-state index contributed by atoms with van der Waals surface area (Å²) in [5.41, 5.74) is 0.747. The van der Waals surface area contributed by atoms with Crippen molar-refractivity contribution in [2.24, 2.45) is 5.41 Å². The molecule has 0 unspecified atom stereocenters. The Hall–Kier alpha value is -0.0800. The molecule has 2 N–H and O–H groups in total. The summed E-state index contributed by atoms with van der Waals surface area (Å²) in [6.45, 7) is 1.05. The van der Waals surface area contributed by atoms with Gasteiger partial charge >= 0.3 is 0 Å². The maximum atomic E-state index is 8.74. The van der Waals surface area contributed by atoms with Crippen molar-refractivity contribution in [1.82, 2.24) is 5.32 Å². The van der Waals surface area contributed by atoms with Gasteiger partial charge in [0.25, 0.3) is 0 Å². The molecule has 0 bridgehead atoms. The molecule has 2 nitrogen and oxygen atoms in total. The van der Waals surface area contributed by atoms with Gasteiger partial charge in [0, 0.05) is 12.6 Å². The van der Waals surface area contributed by atoms with Crippen molar-refractivity contribution < 1.29 is 5.11 Å². The van der Waals surface area contributed by atoms with Crippen molar-refractivity contribution in [1.29, 1.82) is 0 Å². The fourth-order valence-corrected chi connectivity index (χ4v) is 3.33. The van der Waals surface area contributed by atoms with Crippen molar-refractivity contribution in [2.45, 2.75) is 57.4 Å². The predicted octanol–water partition coefficient (Wildman–Crippen LogP) is 2.07. The number of rotatable bonds is 3. The van der Waals surface area contributed by atoms with E-state index in [9.17, 15) is 0 Å². The van der Waals surface area contributed by atoms with Gasteiger partial charge < -0.3 is 10.4 Å². The lowest BCUT2D eigenvalue weighted by Crippen LogP contribution is -2.37. The Bertz CT molecular complexity index is 165. The first-order valence-electron chi connectivity index (χ1n) is 6.19. The van der Waals surface area contributed by atoms with Gasteiger partial charge in [-0.15, -0.1) is 0 Å². The van der Waals surface area contributed by atoms with E-state index in [1.54, 1.807) is 0 Å². The number of hydrogen-bond acceptors (Lipinski definition) is 2. The largest absolute Gasteiger partial charge is 0.395 e. The molecule has 2 saturated carbocycles. The van der Waals surface area contributed by atoms with E-state index in [1.165, 1.54) is 51.4 Å². The van der Waals surface area contributed by atoms with Crippen LogP contribution in [0.4, 0.5) is 0 Å². The third kappa shape index (κ3) is 2.29. The third-order valence-corrected chi connectivity index (χ3v) is 4.26. The van der Waals surface area contributed by atoms with Crippen LogP contribution in [0.25, 0.3) is 0 Å². The predicted molar refractivity (Wildman–Crippen MR) is 58.2 cm³/mol. The molecule has 2 heteroatoms. The van der Waals surface area contributed by atoms with Crippen molar-refractivity contribution in [3.05, 3.63) is 0 Å². The number of aliphatic hydroxyl groups excluding tert-OH is 1. The highest BCUT2D eigenvalue weighted by molar-refractivity contribution is 4.91. The minimum absolute atomic E-state index is 0.279. The van der Waals surface area contributed by atoms with Gasteiger partial charge in [0.1, 0.15) is 0 Å². The van der Waals surface area contributed by atoms with E-state index in [4.69, 9.17) is 5.11 Å². The number of nitrogens with one attached hydrogen (secondary N) is 1. The zero-order valence-corrected chi connectivity index (χ0v) is 9.10. The molecule has 2 fully saturated rings. The van der Waals surface area contributed by atoms with Crippen molar-refractivity contribution in [3.8, 4) is 0 Å². The average Bonchev–Trinajstić information content (AvgIpc) is 2.66. The molecule has 14 heavy (non-hydrogen) atoms. The molecule has 0 radical (unpaired) electrons. The van der Waals surface area contributed by atoms with E-state index >= 15 is 0 Å². The first-order valence-corrected chi connectivity index (χ1v) is 6.19. The molecule has 0 saturated heterocycles. The molecule has 2 aliphatic rings. The van der Waals surface area contributed by atoms with Crippen molar-refractivity contribution in [3.63, 3.8) is 0 Å². The third-order valence-electron chi connectivity index (χ3n) is 4.26. The zero-order chi connectivity index (χ0) is 9.86. The molecule has 1 spiro atoms. The molecule has 2 aliphatic carbocycles. The van der Waals surface area contributed by atoms with Crippen LogP contribution < -0.4 is 5.32 Å². The summed E-state index contributed by atoms with van der Waals surface area (Å²) in [6.07, 6.45) is 11.4. The lowest BCUT2D eigenvalue weighted by Gasteiger charge is -2.37. The molecular weight excluding hydrogens is 174 g/mol. The van der Waals surface area contributed by atoms with Gasteiger partial charge in [0.05, 0.1) is 6.61 Å².